The van der Waals surface area contributed by atoms with E-state index in [4.69, 9.17) is 14.7 Å². The van der Waals surface area contributed by atoms with Gasteiger partial charge in [0, 0.05) is 65.3 Å². The molecular formula is C52H48F12N6O4. The lowest BCUT2D eigenvalue weighted by Gasteiger charge is -2.27. The summed E-state index contributed by atoms with van der Waals surface area (Å²) in [6.45, 7) is 9.18. The number of nitrogens with one attached hydrogen (secondary N) is 3. The normalized spacial score (nSPS) is 19.3. The summed E-state index contributed by atoms with van der Waals surface area (Å²) in [5, 5.41) is 3.09. The summed E-state index contributed by atoms with van der Waals surface area (Å²) in [7, 11) is 1.17. The summed E-state index contributed by atoms with van der Waals surface area (Å²) in [4.78, 5) is 59.7. The first-order valence-electron chi connectivity index (χ1n) is 23.4. The number of hydrogen-bond donors (Lipinski definition) is 3. The number of esters is 1. The molecule has 22 heteroatoms. The third kappa shape index (κ3) is 10.1. The molecule has 2 aromatic heterocycles. The Morgan fingerprint density at radius 2 is 1.26 bits per heavy atom. The molecule has 10 nitrogen and oxygen atoms in total. The van der Waals surface area contributed by atoms with Crippen LogP contribution < -0.4 is 5.32 Å². The number of imide groups is 1. The number of amides is 2. The van der Waals surface area contributed by atoms with E-state index in [1.54, 1.807) is 45.9 Å². The number of ether oxygens (including phenoxy) is 1. The molecule has 0 saturated carbocycles. The SMILES string of the molecule is CC[C@H]1c2cc3[nH]c4c(c5nc(cc6nc(cc([nH]2)[C@@H]1C)C(C(C)NCc1cc(C(F)(F)F)cc(C(F)(F)F)c1)=C6C)[C@@H](C)[C@@H]5CCC(=O)OC)C(=O)N(Cc1cc(C(F)(F)F)cc(C(F)(F)F)c1)C(=O)c4c3C. The molecule has 0 spiro atoms. The molecule has 4 aliphatic heterocycles. The third-order valence-electron chi connectivity index (χ3n) is 14.4. The second-order valence-electron chi connectivity index (χ2n) is 19.0. The number of alkyl halides is 12. The van der Waals surface area contributed by atoms with Crippen molar-refractivity contribution in [1.82, 2.24) is 30.2 Å². The van der Waals surface area contributed by atoms with Gasteiger partial charge in [0.25, 0.3) is 11.8 Å². The number of allylic oxidation sites excluding steroid dienone is 1. The van der Waals surface area contributed by atoms with Gasteiger partial charge in [-0.3, -0.25) is 24.3 Å². The van der Waals surface area contributed by atoms with E-state index in [9.17, 15) is 62.3 Å². The molecule has 0 aliphatic carbocycles. The van der Waals surface area contributed by atoms with Crippen molar-refractivity contribution < 1.29 is 71.8 Å². The Morgan fingerprint density at radius 3 is 1.80 bits per heavy atom. The smallest absolute Gasteiger partial charge is 0.416 e. The van der Waals surface area contributed by atoms with Gasteiger partial charge in [0.05, 0.1) is 69.6 Å². The highest BCUT2D eigenvalue weighted by Crippen LogP contribution is 2.47. The molecule has 4 aliphatic rings. The standard InChI is InChI=1S/C52H48F12N6O4/c1-8-33-22(2)35-19-40-42(26(6)65-20-27-11-29(49(53,54)55)15-30(12-27)50(56,57)58)24(4)37(67-40)17-36-23(3)34(9-10-41(71)74-7)45(68-36)44-46-43(25(5)38(69-46)18-39(33)66-35)47(72)70(48(44)73)21-28-13-31(51(59,60)61)16-32(14-28)52(62,63)64/h11-19,22-23,26,33-34,65-66,69H,8-10,20-21H2,1-7H3/t22-,23+,26?,33-,34+/m1/s1. The van der Waals surface area contributed by atoms with E-state index in [2.05, 4.69) is 15.3 Å². The zero-order valence-corrected chi connectivity index (χ0v) is 40.6. The second kappa shape index (κ2) is 19.2. The average Bonchev–Trinajstić information content (AvgIpc) is 4.00. The maximum atomic E-state index is 15.1. The van der Waals surface area contributed by atoms with Crippen molar-refractivity contribution in [3.63, 3.8) is 0 Å². The van der Waals surface area contributed by atoms with Crippen LogP contribution in [-0.2, 0) is 47.3 Å². The number of aryl methyl sites for hydroxylation is 1. The molecule has 0 radical (unpaired) electrons. The van der Waals surface area contributed by atoms with Gasteiger partial charge in [0.15, 0.2) is 0 Å². The van der Waals surface area contributed by atoms with E-state index in [0.29, 0.717) is 80.7 Å². The Hall–Kier alpha value is -6.71. The third-order valence-corrected chi connectivity index (χ3v) is 14.4. The molecule has 5 atom stereocenters. The fourth-order valence-corrected chi connectivity index (χ4v) is 10.4. The molecule has 0 fully saturated rings. The fourth-order valence-electron chi connectivity index (χ4n) is 10.4. The first-order valence-corrected chi connectivity index (χ1v) is 23.4. The highest BCUT2D eigenvalue weighted by atomic mass is 19.4. The van der Waals surface area contributed by atoms with Crippen molar-refractivity contribution >= 4 is 40.0 Å². The molecule has 6 heterocycles. The number of carbonyl (C=O) groups is 3. The van der Waals surface area contributed by atoms with Crippen LogP contribution in [-0.4, -0.2) is 55.8 Å². The Balaban J connectivity index is 1.36. The van der Waals surface area contributed by atoms with Crippen LogP contribution in [0.5, 0.6) is 0 Å². The Morgan fingerprint density at radius 1 is 0.703 bits per heavy atom. The highest BCUT2D eigenvalue weighted by molar-refractivity contribution is 6.23. The van der Waals surface area contributed by atoms with Crippen molar-refractivity contribution in [1.29, 1.82) is 0 Å². The molecule has 4 aromatic rings. The summed E-state index contributed by atoms with van der Waals surface area (Å²) < 4.78 is 172. The molecule has 8 rings (SSSR count). The molecule has 0 saturated heterocycles. The zero-order chi connectivity index (χ0) is 54.3. The van der Waals surface area contributed by atoms with Crippen molar-refractivity contribution in [3.8, 4) is 0 Å². The van der Waals surface area contributed by atoms with E-state index < -0.39 is 101 Å². The van der Waals surface area contributed by atoms with Crippen LogP contribution in [0.1, 0.15) is 171 Å². The van der Waals surface area contributed by atoms with Crippen molar-refractivity contribution in [2.75, 3.05) is 7.11 Å². The van der Waals surface area contributed by atoms with Gasteiger partial charge in [-0.2, -0.15) is 52.7 Å². The Labute approximate surface area is 415 Å². The summed E-state index contributed by atoms with van der Waals surface area (Å²) in [5.74, 6) is -4.59. The number of H-pyrrole nitrogens is 2. The summed E-state index contributed by atoms with van der Waals surface area (Å²) in [5.41, 5.74) is -3.39. The van der Waals surface area contributed by atoms with Gasteiger partial charge < -0.3 is 20.0 Å². The number of halogens is 12. The lowest BCUT2D eigenvalue weighted by Crippen LogP contribution is -2.40. The summed E-state index contributed by atoms with van der Waals surface area (Å²) >= 11 is 0. The summed E-state index contributed by atoms with van der Waals surface area (Å²) in [6.07, 6.45) is -20.2. The van der Waals surface area contributed by atoms with Gasteiger partial charge >= 0.3 is 30.7 Å². The number of rotatable bonds is 10. The minimum Gasteiger partial charge on any atom is -0.469 e. The summed E-state index contributed by atoms with van der Waals surface area (Å²) in [6, 6.07) is 6.55. The molecule has 3 N–H and O–H groups in total. The fraction of sp³-hybridized carbons (Fsp3) is 0.404. The van der Waals surface area contributed by atoms with Gasteiger partial charge in [-0.15, -0.1) is 0 Å². The maximum absolute atomic E-state index is 15.1. The van der Waals surface area contributed by atoms with Crippen molar-refractivity contribution in [2.45, 2.75) is 128 Å². The van der Waals surface area contributed by atoms with Gasteiger partial charge in [-0.05, 0) is 116 Å². The number of aromatic amines is 2. The van der Waals surface area contributed by atoms with Crippen LogP contribution >= 0.6 is 0 Å². The maximum Gasteiger partial charge on any atom is 0.416 e. The van der Waals surface area contributed by atoms with Crippen molar-refractivity contribution in [3.05, 3.63) is 139 Å². The van der Waals surface area contributed by atoms with Crippen LogP contribution in [0.4, 0.5) is 52.7 Å². The average molecular weight is 1050 g/mol. The van der Waals surface area contributed by atoms with Crippen LogP contribution in [0.2, 0.25) is 0 Å². The molecular weight excluding hydrogens is 1000 g/mol. The number of fused-ring (bicyclic) bond motifs is 8. The first kappa shape index (κ1) is 53.6. The zero-order valence-electron chi connectivity index (χ0n) is 40.6. The molecule has 74 heavy (non-hydrogen) atoms. The molecule has 1 unspecified atom stereocenters. The van der Waals surface area contributed by atoms with E-state index in [-0.39, 0.29) is 70.3 Å². The van der Waals surface area contributed by atoms with Gasteiger partial charge in [0.2, 0.25) is 0 Å². The van der Waals surface area contributed by atoms with Gasteiger partial charge in [0.1, 0.15) is 0 Å². The van der Waals surface area contributed by atoms with Gasteiger partial charge in [-0.1, -0.05) is 20.8 Å². The van der Waals surface area contributed by atoms with E-state index in [1.165, 1.54) is 7.11 Å². The monoisotopic (exact) mass is 1050 g/mol. The van der Waals surface area contributed by atoms with E-state index in [1.807, 2.05) is 13.8 Å². The minimum absolute atomic E-state index is 0.00575. The molecule has 2 amide bonds. The van der Waals surface area contributed by atoms with Crippen molar-refractivity contribution in [2.24, 2.45) is 0 Å². The largest absolute Gasteiger partial charge is 0.469 e. The Kier molecular flexibility index (Phi) is 13.9. The quantitative estimate of drug-likeness (QED) is 0.0818. The number of nitrogens with zero attached hydrogens (tertiary/aromatic N) is 3. The predicted molar refractivity (Wildman–Crippen MR) is 247 cm³/mol. The lowest BCUT2D eigenvalue weighted by atomic mass is 9.84. The van der Waals surface area contributed by atoms with Crippen LogP contribution in [0, 0.1) is 6.92 Å². The molecule has 2 aromatic carbocycles. The minimum atomic E-state index is -5.24. The lowest BCUT2D eigenvalue weighted by molar-refractivity contribution is -0.144. The van der Waals surface area contributed by atoms with E-state index in [0.717, 1.165) is 0 Å². The van der Waals surface area contributed by atoms with Crippen LogP contribution in [0.3, 0.4) is 0 Å². The Bertz CT molecular complexity index is 3140. The predicted octanol–water partition coefficient (Wildman–Crippen LogP) is 13.5. The number of methoxy groups -OCH3 is 1. The second-order valence-corrected chi connectivity index (χ2v) is 19.0. The number of hydrogen-bond acceptors (Lipinski definition) is 7. The van der Waals surface area contributed by atoms with Crippen LogP contribution in [0.15, 0.2) is 54.6 Å². The number of carbonyl (C=O) groups excluding carboxylic acids is 3. The van der Waals surface area contributed by atoms with Crippen LogP contribution in [0.25, 0.3) is 22.2 Å². The first-order chi connectivity index (χ1) is 34.4. The molecule has 8 bridgehead atoms. The van der Waals surface area contributed by atoms with E-state index >= 15 is 4.79 Å². The highest BCUT2D eigenvalue weighted by Gasteiger charge is 2.44. The number of benzene rings is 2. The van der Waals surface area contributed by atoms with Gasteiger partial charge in [-0.25, -0.2) is 4.98 Å². The number of aromatic nitrogens is 4. The molecule has 394 valence electrons. The topological polar surface area (TPSA) is 133 Å².